The maximum atomic E-state index is 13.1. The van der Waals surface area contributed by atoms with Crippen LogP contribution in [0.5, 0.6) is 5.75 Å². The molecule has 2 aromatic rings. The monoisotopic (exact) mass is 329 g/mol. The standard InChI is InChI=1S/C19H20FNO3/c20-16-5-1-13(2-6-16)18-9-10-21-11-15(18)12-24-17-7-3-14(4-8-17)19(22)23/h1-8,15,18,21H,9-12H2,(H,22,23)/t15?,18-/m0/s1. The predicted octanol–water partition coefficient (Wildman–Crippen LogP) is 3.30. The Morgan fingerprint density at radius 2 is 1.88 bits per heavy atom. The summed E-state index contributed by atoms with van der Waals surface area (Å²) >= 11 is 0. The molecule has 0 aromatic heterocycles. The van der Waals surface area contributed by atoms with Crippen molar-refractivity contribution in [3.8, 4) is 5.75 Å². The molecule has 0 amide bonds. The van der Waals surface area contributed by atoms with E-state index in [2.05, 4.69) is 5.32 Å². The first kappa shape index (κ1) is 16.5. The molecule has 4 nitrogen and oxygen atoms in total. The Morgan fingerprint density at radius 1 is 1.17 bits per heavy atom. The van der Waals surface area contributed by atoms with Crippen LogP contribution in [-0.2, 0) is 0 Å². The highest BCUT2D eigenvalue weighted by Crippen LogP contribution is 2.31. The minimum Gasteiger partial charge on any atom is -0.493 e. The smallest absolute Gasteiger partial charge is 0.335 e. The van der Waals surface area contributed by atoms with Gasteiger partial charge in [-0.2, -0.15) is 0 Å². The van der Waals surface area contributed by atoms with Crippen LogP contribution in [0.4, 0.5) is 4.39 Å². The Labute approximate surface area is 140 Å². The minimum atomic E-state index is -0.950. The zero-order chi connectivity index (χ0) is 16.9. The summed E-state index contributed by atoms with van der Waals surface area (Å²) in [5, 5.41) is 12.3. The second kappa shape index (κ2) is 7.45. The van der Waals surface area contributed by atoms with Crippen molar-refractivity contribution in [1.82, 2.24) is 5.32 Å². The van der Waals surface area contributed by atoms with Crippen molar-refractivity contribution in [2.75, 3.05) is 19.7 Å². The van der Waals surface area contributed by atoms with Gasteiger partial charge >= 0.3 is 5.97 Å². The molecule has 24 heavy (non-hydrogen) atoms. The molecule has 2 atom stereocenters. The molecule has 1 heterocycles. The predicted molar refractivity (Wildman–Crippen MR) is 89.0 cm³/mol. The molecule has 1 aliphatic rings. The van der Waals surface area contributed by atoms with Crippen LogP contribution in [0.3, 0.4) is 0 Å². The summed E-state index contributed by atoms with van der Waals surface area (Å²) in [7, 11) is 0. The van der Waals surface area contributed by atoms with E-state index in [0.29, 0.717) is 18.3 Å². The minimum absolute atomic E-state index is 0.223. The molecular weight excluding hydrogens is 309 g/mol. The van der Waals surface area contributed by atoms with E-state index in [1.165, 1.54) is 24.3 Å². The fraction of sp³-hybridized carbons (Fsp3) is 0.316. The van der Waals surface area contributed by atoms with Gasteiger partial charge in [-0.25, -0.2) is 9.18 Å². The molecule has 1 aliphatic heterocycles. The first-order valence-corrected chi connectivity index (χ1v) is 8.06. The van der Waals surface area contributed by atoms with E-state index in [1.807, 2.05) is 12.1 Å². The van der Waals surface area contributed by atoms with Gasteiger partial charge in [-0.05, 0) is 60.8 Å². The van der Waals surface area contributed by atoms with E-state index in [0.717, 1.165) is 25.1 Å². The highest BCUT2D eigenvalue weighted by Gasteiger charge is 2.27. The molecule has 126 valence electrons. The van der Waals surface area contributed by atoms with Crippen molar-refractivity contribution >= 4 is 5.97 Å². The van der Waals surface area contributed by atoms with Crippen LogP contribution >= 0.6 is 0 Å². The molecule has 3 rings (SSSR count). The molecule has 2 N–H and O–H groups in total. The van der Waals surface area contributed by atoms with Crippen LogP contribution in [0.15, 0.2) is 48.5 Å². The lowest BCUT2D eigenvalue weighted by Crippen LogP contribution is -2.38. The number of nitrogens with one attached hydrogen (secondary N) is 1. The molecular formula is C19H20FNO3. The molecule has 0 bridgehead atoms. The van der Waals surface area contributed by atoms with Crippen LogP contribution < -0.4 is 10.1 Å². The lowest BCUT2D eigenvalue weighted by molar-refractivity contribution is 0.0697. The average molecular weight is 329 g/mol. The molecule has 0 radical (unpaired) electrons. The zero-order valence-corrected chi connectivity index (χ0v) is 13.2. The summed E-state index contributed by atoms with van der Waals surface area (Å²) in [5.74, 6) is 0.0883. The number of hydrogen-bond donors (Lipinski definition) is 2. The number of piperidine rings is 1. The van der Waals surface area contributed by atoms with Crippen molar-refractivity contribution in [3.05, 3.63) is 65.5 Å². The largest absolute Gasteiger partial charge is 0.493 e. The van der Waals surface area contributed by atoms with Gasteiger partial charge in [-0.15, -0.1) is 0 Å². The molecule has 5 heteroatoms. The van der Waals surface area contributed by atoms with Crippen LogP contribution in [0.2, 0.25) is 0 Å². The lowest BCUT2D eigenvalue weighted by atomic mass is 9.81. The van der Waals surface area contributed by atoms with Gasteiger partial charge in [0.1, 0.15) is 11.6 Å². The van der Waals surface area contributed by atoms with Gasteiger partial charge in [0.05, 0.1) is 12.2 Å². The van der Waals surface area contributed by atoms with Gasteiger partial charge in [0.15, 0.2) is 0 Å². The van der Waals surface area contributed by atoms with Gasteiger partial charge in [0.25, 0.3) is 0 Å². The summed E-state index contributed by atoms with van der Waals surface area (Å²) in [6.45, 7) is 2.31. The van der Waals surface area contributed by atoms with Gasteiger partial charge < -0.3 is 15.2 Å². The van der Waals surface area contributed by atoms with E-state index in [-0.39, 0.29) is 17.3 Å². The van der Waals surface area contributed by atoms with Crippen molar-refractivity contribution in [2.24, 2.45) is 5.92 Å². The van der Waals surface area contributed by atoms with Crippen LogP contribution in [0.1, 0.15) is 28.3 Å². The maximum Gasteiger partial charge on any atom is 0.335 e. The Morgan fingerprint density at radius 3 is 2.54 bits per heavy atom. The van der Waals surface area contributed by atoms with E-state index in [4.69, 9.17) is 9.84 Å². The highest BCUT2D eigenvalue weighted by molar-refractivity contribution is 5.87. The number of halogens is 1. The molecule has 0 saturated carbocycles. The van der Waals surface area contributed by atoms with E-state index in [9.17, 15) is 9.18 Å². The van der Waals surface area contributed by atoms with Gasteiger partial charge in [-0.1, -0.05) is 12.1 Å². The normalized spacial score (nSPS) is 20.5. The fourth-order valence-electron chi connectivity index (χ4n) is 3.14. The zero-order valence-electron chi connectivity index (χ0n) is 13.2. The fourth-order valence-corrected chi connectivity index (χ4v) is 3.14. The van der Waals surface area contributed by atoms with Crippen molar-refractivity contribution in [1.29, 1.82) is 0 Å². The summed E-state index contributed by atoms with van der Waals surface area (Å²) in [6.07, 6.45) is 0.984. The third-order valence-corrected chi connectivity index (χ3v) is 4.47. The molecule has 0 aliphatic carbocycles. The average Bonchev–Trinajstić information content (AvgIpc) is 2.61. The first-order chi connectivity index (χ1) is 11.6. The van der Waals surface area contributed by atoms with E-state index in [1.54, 1.807) is 12.1 Å². The van der Waals surface area contributed by atoms with E-state index < -0.39 is 5.97 Å². The number of hydrogen-bond acceptors (Lipinski definition) is 3. The van der Waals surface area contributed by atoms with Crippen molar-refractivity contribution in [3.63, 3.8) is 0 Å². The van der Waals surface area contributed by atoms with Gasteiger partial charge in [0.2, 0.25) is 0 Å². The second-order valence-corrected chi connectivity index (χ2v) is 6.05. The quantitative estimate of drug-likeness (QED) is 0.884. The Kier molecular flexibility index (Phi) is 5.11. The summed E-state index contributed by atoms with van der Waals surface area (Å²) < 4.78 is 19.0. The van der Waals surface area contributed by atoms with E-state index >= 15 is 0 Å². The van der Waals surface area contributed by atoms with Crippen LogP contribution in [-0.4, -0.2) is 30.8 Å². The Hall–Kier alpha value is -2.40. The SMILES string of the molecule is O=C(O)c1ccc(OCC2CNCC[C@H]2c2ccc(F)cc2)cc1. The lowest BCUT2D eigenvalue weighted by Gasteiger charge is -2.32. The number of carbonyl (C=O) groups is 1. The van der Waals surface area contributed by atoms with Crippen molar-refractivity contribution in [2.45, 2.75) is 12.3 Å². The number of ether oxygens (including phenoxy) is 1. The first-order valence-electron chi connectivity index (χ1n) is 8.06. The Balaban J connectivity index is 1.65. The molecule has 1 unspecified atom stereocenters. The van der Waals surface area contributed by atoms with Crippen LogP contribution in [0, 0.1) is 11.7 Å². The number of aromatic carboxylic acids is 1. The molecule has 0 spiro atoms. The molecule has 1 fully saturated rings. The molecule has 1 saturated heterocycles. The number of benzene rings is 2. The summed E-state index contributed by atoms with van der Waals surface area (Å²) in [4.78, 5) is 10.9. The number of carboxylic acid groups (broad SMARTS) is 1. The summed E-state index contributed by atoms with van der Waals surface area (Å²) in [6, 6.07) is 13.1. The Bertz CT molecular complexity index is 685. The maximum absolute atomic E-state index is 13.1. The summed E-state index contributed by atoms with van der Waals surface area (Å²) in [5.41, 5.74) is 1.37. The van der Waals surface area contributed by atoms with Gasteiger partial charge in [-0.3, -0.25) is 0 Å². The van der Waals surface area contributed by atoms with Crippen LogP contribution in [0.25, 0.3) is 0 Å². The topological polar surface area (TPSA) is 58.6 Å². The number of carboxylic acids is 1. The third-order valence-electron chi connectivity index (χ3n) is 4.47. The van der Waals surface area contributed by atoms with Gasteiger partial charge in [0, 0.05) is 12.5 Å². The number of rotatable bonds is 5. The third kappa shape index (κ3) is 3.92. The molecule has 2 aromatic carbocycles. The highest BCUT2D eigenvalue weighted by atomic mass is 19.1. The second-order valence-electron chi connectivity index (χ2n) is 6.05. The van der Waals surface area contributed by atoms with Crippen molar-refractivity contribution < 1.29 is 19.0 Å².